The third kappa shape index (κ3) is 2.67. The maximum atomic E-state index is 6.44. The average molecular weight is 293 g/mol. The second-order valence-corrected chi connectivity index (χ2v) is 6.70. The first-order valence-electron chi connectivity index (χ1n) is 7.70. The number of benzene rings is 1. The van der Waals surface area contributed by atoms with Crippen LogP contribution in [0, 0.1) is 0 Å². The van der Waals surface area contributed by atoms with Gasteiger partial charge in [0.2, 0.25) is 0 Å². The normalized spacial score (nSPS) is 28.9. The minimum atomic E-state index is 0.420. The van der Waals surface area contributed by atoms with Crippen LogP contribution in [-0.4, -0.2) is 31.3 Å². The molecule has 108 valence electrons. The fourth-order valence-corrected chi connectivity index (χ4v) is 3.49. The van der Waals surface area contributed by atoms with E-state index in [4.69, 9.17) is 16.3 Å². The van der Waals surface area contributed by atoms with Gasteiger partial charge in [0.25, 0.3) is 0 Å². The minimum Gasteiger partial charge on any atom is -0.371 e. The zero-order valence-electron chi connectivity index (χ0n) is 11.6. The van der Waals surface area contributed by atoms with Gasteiger partial charge in [-0.05, 0) is 43.4 Å². The van der Waals surface area contributed by atoms with Gasteiger partial charge in [-0.25, -0.2) is 0 Å². The van der Waals surface area contributed by atoms with E-state index in [9.17, 15) is 0 Å². The molecule has 4 rings (SSSR count). The molecule has 3 nitrogen and oxygen atoms in total. The van der Waals surface area contributed by atoms with Gasteiger partial charge in [-0.1, -0.05) is 17.7 Å². The molecule has 1 aliphatic carbocycles. The molecule has 2 atom stereocenters. The van der Waals surface area contributed by atoms with Crippen molar-refractivity contribution in [2.24, 2.45) is 0 Å². The Labute approximate surface area is 125 Å². The van der Waals surface area contributed by atoms with Crippen LogP contribution in [0.5, 0.6) is 0 Å². The number of rotatable bonds is 4. The van der Waals surface area contributed by atoms with Crippen molar-refractivity contribution in [3.05, 3.63) is 28.8 Å². The van der Waals surface area contributed by atoms with E-state index in [1.807, 2.05) is 0 Å². The van der Waals surface area contributed by atoms with Gasteiger partial charge >= 0.3 is 0 Å². The summed E-state index contributed by atoms with van der Waals surface area (Å²) in [7, 11) is 0. The van der Waals surface area contributed by atoms with Crippen molar-refractivity contribution in [1.29, 1.82) is 0 Å². The SMILES string of the molecule is Clc1cc(N2CC3CCC(C2)O3)ccc1CNC1CC1. The van der Waals surface area contributed by atoms with E-state index in [2.05, 4.69) is 28.4 Å². The van der Waals surface area contributed by atoms with Crippen molar-refractivity contribution in [2.75, 3.05) is 18.0 Å². The Balaban J connectivity index is 1.46. The summed E-state index contributed by atoms with van der Waals surface area (Å²) in [5.41, 5.74) is 2.45. The number of morpholine rings is 1. The molecular formula is C16H21ClN2O. The molecule has 1 aromatic rings. The third-order valence-corrected chi connectivity index (χ3v) is 4.96. The number of ether oxygens (including phenoxy) is 1. The van der Waals surface area contributed by atoms with Crippen LogP contribution in [-0.2, 0) is 11.3 Å². The van der Waals surface area contributed by atoms with Crippen molar-refractivity contribution in [2.45, 2.75) is 50.5 Å². The average Bonchev–Trinajstić information content (AvgIpc) is 3.22. The van der Waals surface area contributed by atoms with Crippen LogP contribution in [0.15, 0.2) is 18.2 Å². The topological polar surface area (TPSA) is 24.5 Å². The predicted octanol–water partition coefficient (Wildman–Crippen LogP) is 2.96. The summed E-state index contributed by atoms with van der Waals surface area (Å²) in [6.07, 6.45) is 5.88. The third-order valence-electron chi connectivity index (χ3n) is 4.60. The second-order valence-electron chi connectivity index (χ2n) is 6.29. The maximum absolute atomic E-state index is 6.44. The lowest BCUT2D eigenvalue weighted by molar-refractivity contribution is 0.0305. The molecule has 0 aromatic heterocycles. The van der Waals surface area contributed by atoms with Gasteiger partial charge in [0.1, 0.15) is 0 Å². The molecule has 4 heteroatoms. The van der Waals surface area contributed by atoms with Crippen LogP contribution in [0.4, 0.5) is 5.69 Å². The van der Waals surface area contributed by atoms with Crippen LogP contribution in [0.3, 0.4) is 0 Å². The minimum absolute atomic E-state index is 0.420. The highest BCUT2D eigenvalue weighted by atomic mass is 35.5. The van der Waals surface area contributed by atoms with Gasteiger partial charge in [0.05, 0.1) is 12.2 Å². The quantitative estimate of drug-likeness (QED) is 0.923. The van der Waals surface area contributed by atoms with Gasteiger partial charge < -0.3 is 15.0 Å². The molecule has 20 heavy (non-hydrogen) atoms. The van der Waals surface area contributed by atoms with Gasteiger partial charge in [-0.15, -0.1) is 0 Å². The second kappa shape index (κ2) is 5.21. The Kier molecular flexibility index (Phi) is 3.37. The highest BCUT2D eigenvalue weighted by Crippen LogP contribution is 2.31. The van der Waals surface area contributed by atoms with E-state index in [0.29, 0.717) is 12.2 Å². The maximum Gasteiger partial charge on any atom is 0.0755 e. The summed E-state index contributed by atoms with van der Waals surface area (Å²) >= 11 is 6.44. The van der Waals surface area contributed by atoms with E-state index < -0.39 is 0 Å². The lowest BCUT2D eigenvalue weighted by atomic mass is 10.1. The summed E-state index contributed by atoms with van der Waals surface area (Å²) in [5.74, 6) is 0. The Hall–Kier alpha value is -0.770. The summed E-state index contributed by atoms with van der Waals surface area (Å²) < 4.78 is 5.89. The van der Waals surface area contributed by atoms with Crippen LogP contribution >= 0.6 is 11.6 Å². The van der Waals surface area contributed by atoms with Gasteiger partial charge in [-0.2, -0.15) is 0 Å². The Morgan fingerprint density at radius 1 is 1.15 bits per heavy atom. The molecule has 2 unspecified atom stereocenters. The molecule has 0 amide bonds. The number of halogens is 1. The fraction of sp³-hybridized carbons (Fsp3) is 0.625. The largest absolute Gasteiger partial charge is 0.371 e. The first-order chi connectivity index (χ1) is 9.78. The van der Waals surface area contributed by atoms with Crippen molar-refractivity contribution in [3.63, 3.8) is 0 Å². The lowest BCUT2D eigenvalue weighted by Crippen LogP contribution is -2.42. The predicted molar refractivity (Wildman–Crippen MR) is 81.4 cm³/mol. The van der Waals surface area contributed by atoms with Crippen LogP contribution in [0.2, 0.25) is 5.02 Å². The van der Waals surface area contributed by atoms with Crippen LogP contribution in [0.1, 0.15) is 31.2 Å². The highest BCUT2D eigenvalue weighted by Gasteiger charge is 2.33. The molecule has 2 bridgehead atoms. The van der Waals surface area contributed by atoms with Crippen molar-refractivity contribution < 1.29 is 4.74 Å². The van der Waals surface area contributed by atoms with Crippen molar-refractivity contribution >= 4 is 17.3 Å². The van der Waals surface area contributed by atoms with E-state index in [1.165, 1.54) is 36.9 Å². The molecule has 2 heterocycles. The van der Waals surface area contributed by atoms with Crippen LogP contribution < -0.4 is 10.2 Å². The number of hydrogen-bond acceptors (Lipinski definition) is 3. The van der Waals surface area contributed by atoms with Gasteiger partial charge in [-0.3, -0.25) is 0 Å². The van der Waals surface area contributed by atoms with Crippen molar-refractivity contribution in [3.8, 4) is 0 Å². The van der Waals surface area contributed by atoms with Gasteiger partial charge in [0, 0.05) is 36.4 Å². The summed E-state index contributed by atoms with van der Waals surface area (Å²) in [6, 6.07) is 7.22. The number of nitrogens with zero attached hydrogens (tertiary/aromatic N) is 1. The zero-order valence-corrected chi connectivity index (χ0v) is 12.4. The molecule has 3 aliphatic rings. The first-order valence-corrected chi connectivity index (χ1v) is 8.08. The molecule has 2 saturated heterocycles. The van der Waals surface area contributed by atoms with E-state index >= 15 is 0 Å². The Morgan fingerprint density at radius 3 is 2.55 bits per heavy atom. The smallest absolute Gasteiger partial charge is 0.0755 e. The molecule has 0 radical (unpaired) electrons. The van der Waals surface area contributed by atoms with E-state index in [0.717, 1.165) is 30.7 Å². The summed E-state index contributed by atoms with van der Waals surface area (Å²) in [4.78, 5) is 2.43. The fourth-order valence-electron chi connectivity index (χ4n) is 3.24. The van der Waals surface area contributed by atoms with Crippen LogP contribution in [0.25, 0.3) is 0 Å². The van der Waals surface area contributed by atoms with E-state index in [-0.39, 0.29) is 0 Å². The first kappa shape index (κ1) is 12.9. The summed E-state index contributed by atoms with van der Waals surface area (Å²) in [6.45, 7) is 2.90. The Bertz CT molecular complexity index is 491. The number of fused-ring (bicyclic) bond motifs is 2. The molecule has 0 spiro atoms. The highest BCUT2D eigenvalue weighted by molar-refractivity contribution is 6.31. The standard InChI is InChI=1S/C16H21ClN2O/c17-16-7-13(4-1-11(16)8-18-12-2-3-12)19-9-14-5-6-15(10-19)20-14/h1,4,7,12,14-15,18H,2-3,5-6,8-10H2. The monoisotopic (exact) mass is 292 g/mol. The molecule has 2 aliphatic heterocycles. The van der Waals surface area contributed by atoms with Gasteiger partial charge in [0.15, 0.2) is 0 Å². The molecule has 1 aromatic carbocycles. The number of hydrogen-bond donors (Lipinski definition) is 1. The van der Waals surface area contributed by atoms with Crippen molar-refractivity contribution in [1.82, 2.24) is 5.32 Å². The number of nitrogens with one attached hydrogen (secondary N) is 1. The number of anilines is 1. The Morgan fingerprint density at radius 2 is 1.90 bits per heavy atom. The zero-order chi connectivity index (χ0) is 13.5. The summed E-state index contributed by atoms with van der Waals surface area (Å²) in [5, 5.41) is 4.40. The lowest BCUT2D eigenvalue weighted by Gasteiger charge is -2.34. The van der Waals surface area contributed by atoms with E-state index in [1.54, 1.807) is 0 Å². The molecule has 1 N–H and O–H groups in total. The molecule has 3 fully saturated rings. The molecular weight excluding hydrogens is 272 g/mol. The molecule has 1 saturated carbocycles.